The van der Waals surface area contributed by atoms with Gasteiger partial charge in [-0.1, -0.05) is 39.8 Å². The largest absolute Gasteiger partial charge is 0.264 e. The Hall–Kier alpha value is -0.400. The fourth-order valence-corrected chi connectivity index (χ4v) is 1.46. The molecule has 2 heteroatoms. The second-order valence-corrected chi connectivity index (χ2v) is 4.35. The first kappa shape index (κ1) is 8.69. The van der Waals surface area contributed by atoms with E-state index in [2.05, 4.69) is 0 Å². The van der Waals surface area contributed by atoms with Gasteiger partial charge in [0.1, 0.15) is 0 Å². The van der Waals surface area contributed by atoms with Crippen LogP contribution in [0, 0.1) is 10.8 Å². The van der Waals surface area contributed by atoms with Gasteiger partial charge in [-0.15, -0.1) is 0 Å². The molecule has 1 rings (SSSR count). The summed E-state index contributed by atoms with van der Waals surface area (Å²) in [7, 11) is 0. The fraction of sp³-hybridized carbons (Fsp3) is 0.778. The third kappa shape index (κ3) is 0.916. The van der Waals surface area contributed by atoms with Crippen molar-refractivity contribution in [2.45, 2.75) is 33.6 Å². The minimum atomic E-state index is -2.62. The lowest BCUT2D eigenvalue weighted by Crippen LogP contribution is -2.41. The second-order valence-electron chi connectivity index (χ2n) is 4.35. The molecule has 0 N–H and O–H groups in total. The zero-order valence-electron chi connectivity index (χ0n) is 7.41. The van der Waals surface area contributed by atoms with Gasteiger partial charge in [0, 0.05) is 10.8 Å². The summed E-state index contributed by atoms with van der Waals surface area (Å²) in [6, 6.07) is 0. The van der Waals surface area contributed by atoms with E-state index >= 15 is 0 Å². The Labute approximate surface area is 66.3 Å². The molecule has 0 aromatic carbocycles. The molecule has 0 saturated heterocycles. The molecular formula is C9H14F2. The topological polar surface area (TPSA) is 0 Å². The zero-order chi connectivity index (χ0) is 8.91. The molecule has 0 amide bonds. The van der Waals surface area contributed by atoms with Crippen molar-refractivity contribution in [1.29, 1.82) is 0 Å². The maximum atomic E-state index is 13.4. The van der Waals surface area contributed by atoms with Crippen LogP contribution in [0.5, 0.6) is 0 Å². The van der Waals surface area contributed by atoms with E-state index in [-0.39, 0.29) is 0 Å². The lowest BCUT2D eigenvalue weighted by atomic mass is 9.78. The van der Waals surface area contributed by atoms with E-state index in [9.17, 15) is 8.78 Å². The number of hydrogen-bond acceptors (Lipinski definition) is 0. The Morgan fingerprint density at radius 2 is 1.09 bits per heavy atom. The van der Waals surface area contributed by atoms with Crippen molar-refractivity contribution in [3.63, 3.8) is 0 Å². The van der Waals surface area contributed by atoms with Crippen molar-refractivity contribution < 1.29 is 8.78 Å². The summed E-state index contributed by atoms with van der Waals surface area (Å²) in [5.41, 5.74) is -1.98. The molecule has 64 valence electrons. The Kier molecular flexibility index (Phi) is 1.46. The molecular weight excluding hydrogens is 146 g/mol. The number of hydrogen-bond donors (Lipinski definition) is 0. The van der Waals surface area contributed by atoms with Crippen LogP contribution >= 0.6 is 0 Å². The van der Waals surface area contributed by atoms with Gasteiger partial charge in [0.25, 0.3) is 5.92 Å². The van der Waals surface area contributed by atoms with Crippen LogP contribution < -0.4 is 0 Å². The zero-order valence-corrected chi connectivity index (χ0v) is 7.41. The average molecular weight is 160 g/mol. The van der Waals surface area contributed by atoms with Gasteiger partial charge in [-0.3, -0.25) is 0 Å². The van der Waals surface area contributed by atoms with Gasteiger partial charge in [-0.25, -0.2) is 8.78 Å². The molecule has 0 aliphatic heterocycles. The molecule has 0 aromatic heterocycles. The fourth-order valence-electron chi connectivity index (χ4n) is 1.46. The molecule has 0 radical (unpaired) electrons. The highest BCUT2D eigenvalue weighted by Gasteiger charge is 2.58. The summed E-state index contributed by atoms with van der Waals surface area (Å²) < 4.78 is 26.9. The van der Waals surface area contributed by atoms with Gasteiger partial charge in [-0.2, -0.15) is 0 Å². The molecule has 0 spiro atoms. The van der Waals surface area contributed by atoms with E-state index in [1.54, 1.807) is 39.8 Å². The van der Waals surface area contributed by atoms with Crippen molar-refractivity contribution in [2.24, 2.45) is 10.8 Å². The quantitative estimate of drug-likeness (QED) is 0.477. The van der Waals surface area contributed by atoms with E-state index in [0.29, 0.717) is 0 Å². The predicted molar refractivity (Wildman–Crippen MR) is 41.6 cm³/mol. The molecule has 1 aliphatic carbocycles. The number of alkyl halides is 2. The molecule has 0 bridgehead atoms. The van der Waals surface area contributed by atoms with Crippen molar-refractivity contribution in [2.75, 3.05) is 0 Å². The Morgan fingerprint density at radius 1 is 0.818 bits per heavy atom. The van der Waals surface area contributed by atoms with Crippen molar-refractivity contribution in [3.8, 4) is 0 Å². The number of allylic oxidation sites excluding steroid dienone is 2. The number of rotatable bonds is 0. The standard InChI is InChI=1S/C9H14F2/c1-7(2)5-6-8(3,4)9(7,10)11/h5-6H,1-4H3. The van der Waals surface area contributed by atoms with Gasteiger partial charge in [0.2, 0.25) is 0 Å². The summed E-state index contributed by atoms with van der Waals surface area (Å²) in [6.45, 7) is 6.27. The van der Waals surface area contributed by atoms with Crippen LogP contribution in [0.25, 0.3) is 0 Å². The van der Waals surface area contributed by atoms with Gasteiger partial charge < -0.3 is 0 Å². The summed E-state index contributed by atoms with van der Waals surface area (Å²) in [6.07, 6.45) is 3.21. The Bertz CT molecular complexity index is 180. The van der Waals surface area contributed by atoms with Crippen LogP contribution in [0.15, 0.2) is 12.2 Å². The van der Waals surface area contributed by atoms with Crippen LogP contribution in [0.3, 0.4) is 0 Å². The van der Waals surface area contributed by atoms with E-state index in [4.69, 9.17) is 0 Å². The average Bonchev–Trinajstić information content (AvgIpc) is 1.93. The molecule has 0 atom stereocenters. The van der Waals surface area contributed by atoms with Crippen LogP contribution in [-0.2, 0) is 0 Å². The van der Waals surface area contributed by atoms with Crippen molar-refractivity contribution >= 4 is 0 Å². The first-order valence-corrected chi connectivity index (χ1v) is 3.79. The molecule has 0 nitrogen and oxygen atoms in total. The smallest absolute Gasteiger partial charge is 0.205 e. The van der Waals surface area contributed by atoms with E-state index in [0.717, 1.165) is 0 Å². The molecule has 1 aliphatic rings. The maximum Gasteiger partial charge on any atom is 0.264 e. The van der Waals surface area contributed by atoms with Crippen molar-refractivity contribution in [3.05, 3.63) is 12.2 Å². The monoisotopic (exact) mass is 160 g/mol. The lowest BCUT2D eigenvalue weighted by Gasteiger charge is -2.35. The van der Waals surface area contributed by atoms with E-state index < -0.39 is 16.8 Å². The van der Waals surface area contributed by atoms with Crippen LogP contribution in [0.2, 0.25) is 0 Å². The minimum Gasteiger partial charge on any atom is -0.205 e. The molecule has 0 aromatic rings. The molecule has 0 unspecified atom stereocenters. The highest BCUT2D eigenvalue weighted by Crippen LogP contribution is 2.55. The lowest BCUT2D eigenvalue weighted by molar-refractivity contribution is -0.136. The molecule has 11 heavy (non-hydrogen) atoms. The van der Waals surface area contributed by atoms with Crippen LogP contribution in [0.1, 0.15) is 27.7 Å². The Balaban J connectivity index is 3.09. The normalized spacial score (nSPS) is 30.7. The second kappa shape index (κ2) is 1.85. The Morgan fingerprint density at radius 3 is 1.18 bits per heavy atom. The van der Waals surface area contributed by atoms with Gasteiger partial charge in [-0.05, 0) is 0 Å². The van der Waals surface area contributed by atoms with Gasteiger partial charge >= 0.3 is 0 Å². The first-order valence-electron chi connectivity index (χ1n) is 3.79. The minimum absolute atomic E-state index is 0.990. The maximum absolute atomic E-state index is 13.4. The summed E-state index contributed by atoms with van der Waals surface area (Å²) in [4.78, 5) is 0. The van der Waals surface area contributed by atoms with Gasteiger partial charge in [0.05, 0.1) is 0 Å². The summed E-state index contributed by atoms with van der Waals surface area (Å²) >= 11 is 0. The predicted octanol–water partition coefficient (Wildman–Crippen LogP) is 3.24. The third-order valence-corrected chi connectivity index (χ3v) is 2.54. The molecule has 0 heterocycles. The van der Waals surface area contributed by atoms with Crippen molar-refractivity contribution in [1.82, 2.24) is 0 Å². The van der Waals surface area contributed by atoms with E-state index in [1.165, 1.54) is 0 Å². The van der Waals surface area contributed by atoms with E-state index in [1.807, 2.05) is 0 Å². The third-order valence-electron chi connectivity index (χ3n) is 2.54. The van der Waals surface area contributed by atoms with Gasteiger partial charge in [0.15, 0.2) is 0 Å². The molecule has 0 saturated carbocycles. The highest BCUT2D eigenvalue weighted by atomic mass is 19.3. The van der Waals surface area contributed by atoms with Crippen LogP contribution in [-0.4, -0.2) is 5.92 Å². The summed E-state index contributed by atoms with van der Waals surface area (Å²) in [5.74, 6) is -2.62. The first-order chi connectivity index (χ1) is 4.71. The summed E-state index contributed by atoms with van der Waals surface area (Å²) in [5, 5.41) is 0. The SMILES string of the molecule is CC1(C)C=CC(C)(C)C1(F)F. The number of halogens is 2. The highest BCUT2D eigenvalue weighted by molar-refractivity contribution is 5.21. The molecule has 0 fully saturated rings. The van der Waals surface area contributed by atoms with Crippen LogP contribution in [0.4, 0.5) is 8.78 Å².